The van der Waals surface area contributed by atoms with Crippen molar-refractivity contribution in [2.24, 2.45) is 0 Å². The summed E-state index contributed by atoms with van der Waals surface area (Å²) in [5.74, 6) is -0.869. The summed E-state index contributed by atoms with van der Waals surface area (Å²) in [5.41, 5.74) is 4.07. The lowest BCUT2D eigenvalue weighted by Crippen LogP contribution is -2.41. The number of carboxylic acids is 1. The van der Waals surface area contributed by atoms with E-state index in [9.17, 15) is 23.5 Å². The highest BCUT2D eigenvalue weighted by molar-refractivity contribution is 5.79. The topological polar surface area (TPSA) is 114 Å². The SMILES string of the molecule is C[C@]1([C@@H](O)C2=CCC(F)C=C2)CC(c2ccc3c(=O)n(-c4ccc(F)cc4)c(CCCCC(=O)O)nc3c2)NO1. The van der Waals surface area contributed by atoms with Gasteiger partial charge in [-0.05, 0) is 67.3 Å². The van der Waals surface area contributed by atoms with E-state index in [2.05, 4.69) is 5.48 Å². The Bertz CT molecular complexity index is 1530. The fraction of sp³-hybridized carbons (Fsp3) is 0.367. The molecule has 3 N–H and O–H groups in total. The fourth-order valence-corrected chi connectivity index (χ4v) is 5.26. The standard InChI is InChI=1S/C30H31F2N3O5/c1-30(28(38)18-6-9-20(31)10-7-18)17-25(34-40-30)19-8-15-23-24(16-19)33-26(4-2-3-5-27(36)37)35(29(23)39)22-13-11-21(32)12-14-22/h6-9,11-16,20,25,28,34,38H,2-5,10,17H2,1H3,(H,36,37)/t20?,25?,28-,30+/m0/s1. The molecule has 1 fully saturated rings. The molecule has 40 heavy (non-hydrogen) atoms. The van der Waals surface area contributed by atoms with Crippen molar-refractivity contribution in [3.63, 3.8) is 0 Å². The molecule has 0 amide bonds. The van der Waals surface area contributed by atoms with Crippen LogP contribution in [0.1, 0.15) is 56.5 Å². The van der Waals surface area contributed by atoms with Crippen molar-refractivity contribution in [3.8, 4) is 5.69 Å². The first-order valence-corrected chi connectivity index (χ1v) is 13.3. The first-order valence-electron chi connectivity index (χ1n) is 13.3. The highest BCUT2D eigenvalue weighted by atomic mass is 19.1. The van der Waals surface area contributed by atoms with Gasteiger partial charge in [0.15, 0.2) is 0 Å². The van der Waals surface area contributed by atoms with E-state index >= 15 is 0 Å². The summed E-state index contributed by atoms with van der Waals surface area (Å²) in [6, 6.07) is 10.6. The maximum absolute atomic E-state index is 13.6. The maximum atomic E-state index is 13.6. The number of fused-ring (bicyclic) bond motifs is 1. The van der Waals surface area contributed by atoms with Gasteiger partial charge in [0, 0.05) is 25.7 Å². The van der Waals surface area contributed by atoms with Crippen LogP contribution in [0.3, 0.4) is 0 Å². The highest BCUT2D eigenvalue weighted by Gasteiger charge is 2.44. The number of aromatic nitrogens is 2. The number of nitrogens with zero attached hydrogens (tertiary/aromatic N) is 2. The number of nitrogens with one attached hydrogen (secondary N) is 1. The van der Waals surface area contributed by atoms with Gasteiger partial charge in [-0.2, -0.15) is 5.48 Å². The monoisotopic (exact) mass is 551 g/mol. The number of alkyl halides is 1. The normalized spacial score (nSPS) is 23.4. The number of carbonyl (C=O) groups is 1. The number of hydrogen-bond acceptors (Lipinski definition) is 6. The van der Waals surface area contributed by atoms with E-state index in [4.69, 9.17) is 14.9 Å². The van der Waals surface area contributed by atoms with E-state index < -0.39 is 29.7 Å². The van der Waals surface area contributed by atoms with E-state index in [0.29, 0.717) is 53.7 Å². The Morgan fingerprint density at radius 3 is 2.73 bits per heavy atom. The van der Waals surface area contributed by atoms with Crippen LogP contribution in [-0.2, 0) is 16.1 Å². The minimum atomic E-state index is -1.06. The zero-order chi connectivity index (χ0) is 28.4. The third-order valence-corrected chi connectivity index (χ3v) is 7.51. The maximum Gasteiger partial charge on any atom is 0.303 e. The quantitative estimate of drug-likeness (QED) is 0.332. The molecule has 0 bridgehead atoms. The van der Waals surface area contributed by atoms with E-state index in [0.717, 1.165) is 5.56 Å². The largest absolute Gasteiger partial charge is 0.481 e. The van der Waals surface area contributed by atoms with Crippen LogP contribution in [0.25, 0.3) is 16.6 Å². The molecule has 210 valence electrons. The molecule has 3 aromatic rings. The summed E-state index contributed by atoms with van der Waals surface area (Å²) in [7, 11) is 0. The summed E-state index contributed by atoms with van der Waals surface area (Å²) in [5, 5.41) is 20.4. The predicted molar refractivity (Wildman–Crippen MR) is 145 cm³/mol. The van der Waals surface area contributed by atoms with E-state index in [-0.39, 0.29) is 24.4 Å². The second kappa shape index (κ2) is 11.4. The number of hydroxylamine groups is 1. The van der Waals surface area contributed by atoms with Crippen molar-refractivity contribution >= 4 is 16.9 Å². The van der Waals surface area contributed by atoms with Gasteiger partial charge in [-0.1, -0.05) is 24.3 Å². The molecule has 1 aliphatic heterocycles. The van der Waals surface area contributed by atoms with Crippen LogP contribution in [0, 0.1) is 5.82 Å². The first kappa shape index (κ1) is 27.8. The summed E-state index contributed by atoms with van der Waals surface area (Å²) in [6.45, 7) is 1.79. The second-order valence-corrected chi connectivity index (χ2v) is 10.5. The Morgan fingerprint density at radius 1 is 1.25 bits per heavy atom. The number of aliphatic carboxylic acids is 1. The van der Waals surface area contributed by atoms with Crippen LogP contribution >= 0.6 is 0 Å². The molecule has 1 aromatic heterocycles. The van der Waals surface area contributed by atoms with Crippen LogP contribution in [-0.4, -0.2) is 43.6 Å². The third kappa shape index (κ3) is 5.74. The average Bonchev–Trinajstić information content (AvgIpc) is 3.35. The highest BCUT2D eigenvalue weighted by Crippen LogP contribution is 2.38. The molecule has 1 saturated heterocycles. The van der Waals surface area contributed by atoms with Crippen LogP contribution in [0.4, 0.5) is 8.78 Å². The molecule has 4 atom stereocenters. The molecule has 2 heterocycles. The Balaban J connectivity index is 1.45. The van der Waals surface area contributed by atoms with Crippen LogP contribution in [0.2, 0.25) is 0 Å². The van der Waals surface area contributed by atoms with E-state index in [1.54, 1.807) is 37.3 Å². The summed E-state index contributed by atoms with van der Waals surface area (Å²) < 4.78 is 28.5. The van der Waals surface area contributed by atoms with Gasteiger partial charge in [-0.15, -0.1) is 0 Å². The smallest absolute Gasteiger partial charge is 0.303 e. The molecule has 0 saturated carbocycles. The molecule has 2 aromatic carbocycles. The first-order chi connectivity index (χ1) is 19.1. The summed E-state index contributed by atoms with van der Waals surface area (Å²) in [4.78, 5) is 35.2. The molecule has 8 nitrogen and oxygen atoms in total. The van der Waals surface area contributed by atoms with Gasteiger partial charge in [0.1, 0.15) is 29.5 Å². The van der Waals surface area contributed by atoms with Gasteiger partial charge in [0.2, 0.25) is 0 Å². The van der Waals surface area contributed by atoms with Crippen LogP contribution < -0.4 is 11.0 Å². The van der Waals surface area contributed by atoms with Gasteiger partial charge in [-0.25, -0.2) is 13.8 Å². The minimum absolute atomic E-state index is 0.0114. The lowest BCUT2D eigenvalue weighted by atomic mass is 9.84. The zero-order valence-electron chi connectivity index (χ0n) is 22.0. The number of allylic oxidation sites excluding steroid dienone is 2. The number of carboxylic acid groups (broad SMARTS) is 1. The lowest BCUT2D eigenvalue weighted by molar-refractivity contribution is -0.137. The number of halogens is 2. The molecular formula is C30H31F2N3O5. The fourth-order valence-electron chi connectivity index (χ4n) is 5.26. The number of benzene rings is 2. The number of aliphatic hydroxyl groups is 1. The Morgan fingerprint density at radius 2 is 2.02 bits per heavy atom. The van der Waals surface area contributed by atoms with Crippen molar-refractivity contribution in [3.05, 3.63) is 93.8 Å². The van der Waals surface area contributed by atoms with Crippen molar-refractivity contribution in [2.75, 3.05) is 0 Å². The molecule has 2 unspecified atom stereocenters. The minimum Gasteiger partial charge on any atom is -0.481 e. The third-order valence-electron chi connectivity index (χ3n) is 7.51. The molecule has 5 rings (SSSR count). The zero-order valence-corrected chi connectivity index (χ0v) is 22.0. The van der Waals surface area contributed by atoms with Gasteiger partial charge in [0.05, 0.1) is 22.6 Å². The number of unbranched alkanes of at least 4 members (excludes halogenated alkanes) is 1. The summed E-state index contributed by atoms with van der Waals surface area (Å²) in [6.07, 6.45) is 4.60. The molecular weight excluding hydrogens is 520 g/mol. The predicted octanol–water partition coefficient (Wildman–Crippen LogP) is 4.63. The molecule has 10 heteroatoms. The van der Waals surface area contributed by atoms with Gasteiger partial charge in [-0.3, -0.25) is 19.0 Å². The van der Waals surface area contributed by atoms with Crippen molar-refractivity contribution in [1.82, 2.24) is 15.0 Å². The van der Waals surface area contributed by atoms with Gasteiger partial charge in [0.25, 0.3) is 5.56 Å². The molecule has 2 aliphatic rings. The van der Waals surface area contributed by atoms with E-state index in [1.807, 2.05) is 0 Å². The number of hydrogen-bond donors (Lipinski definition) is 3. The number of aryl methyl sites for hydroxylation is 1. The Kier molecular flexibility index (Phi) is 7.93. The Labute approximate surface area is 229 Å². The van der Waals surface area contributed by atoms with Crippen molar-refractivity contribution < 1.29 is 28.6 Å². The molecule has 0 radical (unpaired) electrons. The second-order valence-electron chi connectivity index (χ2n) is 10.5. The molecule has 1 aliphatic carbocycles. The van der Waals surface area contributed by atoms with Crippen LogP contribution in [0.15, 0.2) is 71.1 Å². The lowest BCUT2D eigenvalue weighted by Gasteiger charge is -2.30. The Hall–Kier alpha value is -3.73. The van der Waals surface area contributed by atoms with Gasteiger partial charge < -0.3 is 10.2 Å². The summed E-state index contributed by atoms with van der Waals surface area (Å²) >= 11 is 0. The van der Waals surface area contributed by atoms with E-state index in [1.165, 1.54) is 34.9 Å². The number of rotatable bonds is 9. The number of aliphatic hydroxyl groups excluding tert-OH is 1. The molecule has 0 spiro atoms. The van der Waals surface area contributed by atoms with Gasteiger partial charge >= 0.3 is 5.97 Å². The van der Waals surface area contributed by atoms with Crippen molar-refractivity contribution in [1.29, 1.82) is 0 Å². The van der Waals surface area contributed by atoms with Crippen molar-refractivity contribution in [2.45, 2.75) is 69.4 Å². The van der Waals surface area contributed by atoms with Crippen LogP contribution in [0.5, 0.6) is 0 Å². The average molecular weight is 552 g/mol.